The van der Waals surface area contributed by atoms with E-state index in [1.807, 2.05) is 13.8 Å². The summed E-state index contributed by atoms with van der Waals surface area (Å²) in [6.45, 7) is 3.29. The Labute approximate surface area is 201 Å². The van der Waals surface area contributed by atoms with Crippen LogP contribution in [0.3, 0.4) is 0 Å². The minimum Gasteiger partial charge on any atom is -0.491 e. The molecule has 0 amide bonds. The van der Waals surface area contributed by atoms with Gasteiger partial charge in [0.2, 0.25) is 5.43 Å². The zero-order chi connectivity index (χ0) is 24.8. The van der Waals surface area contributed by atoms with Gasteiger partial charge in [-0.2, -0.15) is 0 Å². The molecule has 0 bridgehead atoms. The number of aryl methyl sites for hydroxylation is 2. The highest BCUT2D eigenvalue weighted by molar-refractivity contribution is 5.38. The Morgan fingerprint density at radius 1 is 1.12 bits per heavy atom. The molecule has 9 nitrogen and oxygen atoms in total. The van der Waals surface area contributed by atoms with Crippen molar-refractivity contribution in [3.63, 3.8) is 0 Å². The second-order valence-corrected chi connectivity index (χ2v) is 9.73. The molecule has 0 saturated carbocycles. The van der Waals surface area contributed by atoms with E-state index >= 15 is 0 Å². The smallest absolute Gasteiger partial charge is 0.227 e. The topological polar surface area (TPSA) is 141 Å². The highest BCUT2D eigenvalue weighted by Crippen LogP contribution is 2.34. The molecule has 1 aromatic rings. The first kappa shape index (κ1) is 27.1. The van der Waals surface area contributed by atoms with Crippen molar-refractivity contribution in [1.82, 2.24) is 4.98 Å². The summed E-state index contributed by atoms with van der Waals surface area (Å²) in [6.07, 6.45) is 2.41. The predicted octanol–water partition coefficient (Wildman–Crippen LogP) is 1.66. The van der Waals surface area contributed by atoms with Gasteiger partial charge in [-0.25, -0.2) is 0 Å². The third-order valence-electron chi connectivity index (χ3n) is 7.17. The number of unbranched alkanes of at least 4 members (excludes halogenated alkanes) is 3. The van der Waals surface area contributed by atoms with Crippen molar-refractivity contribution < 1.29 is 34.6 Å². The Kier molecular flexibility index (Phi) is 9.94. The number of hydrogen-bond acceptors (Lipinski definition) is 8. The van der Waals surface area contributed by atoms with E-state index in [4.69, 9.17) is 14.2 Å². The van der Waals surface area contributed by atoms with Crippen LogP contribution in [0, 0.1) is 6.92 Å². The summed E-state index contributed by atoms with van der Waals surface area (Å²) in [7, 11) is 1.55. The summed E-state index contributed by atoms with van der Waals surface area (Å²) < 4.78 is 16.5. The molecule has 0 spiro atoms. The predicted molar refractivity (Wildman–Crippen MR) is 126 cm³/mol. The quantitative estimate of drug-likeness (QED) is 0.299. The summed E-state index contributed by atoms with van der Waals surface area (Å²) in [5.41, 5.74) is 2.82. The number of fused-ring (bicyclic) bond motifs is 1. The number of nitrogens with one attached hydrogen (secondary N) is 1. The van der Waals surface area contributed by atoms with Crippen LogP contribution in [0.5, 0.6) is 5.75 Å². The summed E-state index contributed by atoms with van der Waals surface area (Å²) >= 11 is 0. The van der Waals surface area contributed by atoms with E-state index in [1.54, 1.807) is 7.11 Å². The fourth-order valence-electron chi connectivity index (χ4n) is 5.27. The van der Waals surface area contributed by atoms with Crippen LogP contribution in [0.15, 0.2) is 4.79 Å². The van der Waals surface area contributed by atoms with Gasteiger partial charge in [-0.3, -0.25) is 4.79 Å². The number of ether oxygens (including phenoxy) is 3. The number of aliphatic hydroxyl groups is 4. The summed E-state index contributed by atoms with van der Waals surface area (Å²) in [5.74, 6) is 0.703. The molecule has 1 saturated heterocycles. The largest absolute Gasteiger partial charge is 0.491 e. The van der Waals surface area contributed by atoms with E-state index < -0.39 is 37.3 Å². The molecular formula is C25H41NO8. The van der Waals surface area contributed by atoms with Crippen molar-refractivity contribution in [2.75, 3.05) is 13.7 Å². The number of methoxy groups -OCH3 is 1. The van der Waals surface area contributed by atoms with Gasteiger partial charge >= 0.3 is 0 Å². The molecule has 5 N–H and O–H groups in total. The molecule has 1 aliphatic heterocycles. The van der Waals surface area contributed by atoms with Crippen molar-refractivity contribution in [3.8, 4) is 5.75 Å². The van der Waals surface area contributed by atoms with Gasteiger partial charge in [0, 0.05) is 11.3 Å². The van der Waals surface area contributed by atoms with Crippen LogP contribution < -0.4 is 10.2 Å². The number of aliphatic hydroxyl groups excluding tert-OH is 4. The lowest BCUT2D eigenvalue weighted by Gasteiger charge is -2.40. The number of H-pyrrole nitrogens is 1. The Bertz CT molecular complexity index is 841. The Hall–Kier alpha value is -1.49. The molecule has 3 rings (SSSR count). The van der Waals surface area contributed by atoms with Crippen LogP contribution in [0.25, 0.3) is 0 Å². The fraction of sp³-hybridized carbons (Fsp3) is 0.800. The van der Waals surface area contributed by atoms with E-state index in [0.717, 1.165) is 74.7 Å². The lowest BCUT2D eigenvalue weighted by Crippen LogP contribution is -2.59. The second-order valence-electron chi connectivity index (χ2n) is 9.73. The molecule has 1 aromatic heterocycles. The maximum absolute atomic E-state index is 12.9. The molecule has 7 atom stereocenters. The van der Waals surface area contributed by atoms with E-state index in [0.29, 0.717) is 5.75 Å². The van der Waals surface area contributed by atoms with Crippen molar-refractivity contribution in [3.05, 3.63) is 27.2 Å². The molecule has 2 aliphatic rings. The molecule has 9 heteroatoms. The standard InChI is InChI=1S/C25H41NO8/c1-14(33-25-23(31)22(30)20(28)18(13-27)34-25)9-6-4-5-7-10-16-11-8-12-17-19(16)21(29)24(32-3)15(2)26-17/h14,16,18,20,22-23,25,27-28,30-31H,4-13H2,1-3H3,(H,26,29)/t14?,16-,18-,20-,22+,23-,25?/m1/s1. The zero-order valence-corrected chi connectivity index (χ0v) is 20.5. The number of hydrogen-bond donors (Lipinski definition) is 5. The van der Waals surface area contributed by atoms with Gasteiger partial charge < -0.3 is 39.6 Å². The first-order valence-electron chi connectivity index (χ1n) is 12.5. The van der Waals surface area contributed by atoms with Crippen LogP contribution in [-0.4, -0.2) is 75.9 Å². The first-order valence-corrected chi connectivity index (χ1v) is 12.5. The van der Waals surface area contributed by atoms with E-state index in [1.165, 1.54) is 0 Å². The van der Waals surface area contributed by atoms with Crippen molar-refractivity contribution in [2.24, 2.45) is 0 Å². The molecule has 0 aromatic carbocycles. The Balaban J connectivity index is 1.40. The molecule has 34 heavy (non-hydrogen) atoms. The van der Waals surface area contributed by atoms with E-state index in [2.05, 4.69) is 4.98 Å². The highest BCUT2D eigenvalue weighted by atomic mass is 16.7. The molecular weight excluding hydrogens is 442 g/mol. The summed E-state index contributed by atoms with van der Waals surface area (Å²) in [4.78, 5) is 16.3. The van der Waals surface area contributed by atoms with E-state index in [9.17, 15) is 25.2 Å². The van der Waals surface area contributed by atoms with Gasteiger partial charge in [-0.1, -0.05) is 25.7 Å². The second kappa shape index (κ2) is 12.5. The van der Waals surface area contributed by atoms with Gasteiger partial charge in [0.05, 0.1) is 25.5 Å². The summed E-state index contributed by atoms with van der Waals surface area (Å²) in [6, 6.07) is 0. The SMILES string of the molecule is COc1c(C)[nH]c2c(c1=O)[C@H](CCCCCCC(C)OC1O[C@H](CO)[C@@H](O)[C@H](O)[C@H]1O)CCC2. The van der Waals surface area contributed by atoms with Gasteiger partial charge in [-0.05, 0) is 51.9 Å². The summed E-state index contributed by atoms with van der Waals surface area (Å²) in [5, 5.41) is 39.1. The van der Waals surface area contributed by atoms with Gasteiger partial charge in [0.15, 0.2) is 12.0 Å². The Morgan fingerprint density at radius 2 is 1.85 bits per heavy atom. The molecule has 194 valence electrons. The van der Waals surface area contributed by atoms with Crippen LogP contribution >= 0.6 is 0 Å². The lowest BCUT2D eigenvalue weighted by molar-refractivity contribution is -0.310. The van der Waals surface area contributed by atoms with Crippen LogP contribution in [-0.2, 0) is 15.9 Å². The molecule has 1 fully saturated rings. The third kappa shape index (κ3) is 6.19. The fourth-order valence-corrected chi connectivity index (χ4v) is 5.27. The number of rotatable bonds is 11. The van der Waals surface area contributed by atoms with Gasteiger partial charge in [0.25, 0.3) is 0 Å². The average Bonchev–Trinajstić information content (AvgIpc) is 2.81. The van der Waals surface area contributed by atoms with Gasteiger partial charge in [-0.15, -0.1) is 0 Å². The minimum atomic E-state index is -1.43. The number of aromatic nitrogens is 1. The third-order valence-corrected chi connectivity index (χ3v) is 7.17. The van der Waals surface area contributed by atoms with Crippen LogP contribution in [0.1, 0.15) is 81.2 Å². The maximum atomic E-state index is 12.9. The van der Waals surface area contributed by atoms with Crippen molar-refractivity contribution >= 4 is 0 Å². The Morgan fingerprint density at radius 3 is 2.56 bits per heavy atom. The van der Waals surface area contributed by atoms with Crippen LogP contribution in [0.2, 0.25) is 0 Å². The first-order chi connectivity index (χ1) is 16.3. The molecule has 1 aliphatic carbocycles. The number of aromatic amines is 1. The van der Waals surface area contributed by atoms with Crippen molar-refractivity contribution in [1.29, 1.82) is 0 Å². The van der Waals surface area contributed by atoms with Gasteiger partial charge in [0.1, 0.15) is 24.4 Å². The lowest BCUT2D eigenvalue weighted by atomic mass is 9.81. The number of pyridine rings is 1. The molecule has 2 unspecified atom stereocenters. The van der Waals surface area contributed by atoms with Crippen LogP contribution in [0.4, 0.5) is 0 Å². The maximum Gasteiger partial charge on any atom is 0.227 e. The van der Waals surface area contributed by atoms with E-state index in [-0.39, 0.29) is 17.5 Å². The minimum absolute atomic E-state index is 0.0395. The average molecular weight is 484 g/mol. The normalized spacial score (nSPS) is 30.1. The monoisotopic (exact) mass is 483 g/mol. The highest BCUT2D eigenvalue weighted by Gasteiger charge is 2.44. The molecule has 2 heterocycles. The molecule has 0 radical (unpaired) electrons. The zero-order valence-electron chi connectivity index (χ0n) is 20.5. The van der Waals surface area contributed by atoms with Crippen molar-refractivity contribution in [2.45, 2.75) is 114 Å².